The topological polar surface area (TPSA) is 242 Å². The fraction of sp³-hybridized carbons (Fsp3) is 0.444. The molecule has 2 amide bonds. The molecule has 2 fully saturated rings. The van der Waals surface area contributed by atoms with Crippen LogP contribution < -0.4 is 26.4 Å². The number of amides is 2. The van der Waals surface area contributed by atoms with E-state index in [1.807, 2.05) is 61.5 Å². The van der Waals surface area contributed by atoms with Crippen molar-refractivity contribution in [1.82, 2.24) is 9.80 Å². The third kappa shape index (κ3) is 11.1. The zero-order chi connectivity index (χ0) is 54.6. The Balaban J connectivity index is 0.000000161. The molecule has 6 heterocycles. The molecule has 0 bridgehead atoms. The molecule has 10 rings (SSSR count). The average Bonchev–Trinajstić information content (AvgIpc) is 3.70. The second-order valence-corrected chi connectivity index (χ2v) is 22.1. The Labute approximate surface area is 442 Å². The highest BCUT2D eigenvalue weighted by Crippen LogP contribution is 2.51. The van der Waals surface area contributed by atoms with Crippen molar-refractivity contribution in [1.29, 1.82) is 10.5 Å². The van der Waals surface area contributed by atoms with Gasteiger partial charge >= 0.3 is 13.3 Å². The SMILES string of the molecule is CN1C(=O)C2(CC(C3CCOC(C)(C)C3)Oc3ccc(Br)cc32)N=C1N.Cc1cc(C#N)cc(-c2ccc3c(c2)C2(CC(C4CCOC(C)(C)C4)O3)N=C(N)N(C)C2=O)c1.N#Cc1cc(B(O)O)cc(C(F)(F)F)c1. The lowest BCUT2D eigenvalue weighted by molar-refractivity contribution is -0.137. The number of nitriles is 2. The van der Waals surface area contributed by atoms with Crippen LogP contribution in [0.25, 0.3) is 11.1 Å². The molecule has 6 atom stereocenters. The number of hydrogen-bond donors (Lipinski definition) is 4. The number of fused-ring (bicyclic) bond motifs is 4. The van der Waals surface area contributed by atoms with Gasteiger partial charge in [-0.15, -0.1) is 0 Å². The average molecular weight is 1100 g/mol. The molecule has 0 aromatic heterocycles. The van der Waals surface area contributed by atoms with Crippen molar-refractivity contribution in [3.63, 3.8) is 0 Å². The summed E-state index contributed by atoms with van der Waals surface area (Å²) in [4.78, 5) is 39.1. The van der Waals surface area contributed by atoms with Crippen molar-refractivity contribution in [2.24, 2.45) is 33.3 Å². The van der Waals surface area contributed by atoms with Gasteiger partial charge in [0.05, 0.1) is 40.0 Å². The Morgan fingerprint density at radius 1 is 0.707 bits per heavy atom. The lowest BCUT2D eigenvalue weighted by Gasteiger charge is -2.44. The molecule has 0 radical (unpaired) electrons. The van der Waals surface area contributed by atoms with Crippen LogP contribution in [0.2, 0.25) is 0 Å². The van der Waals surface area contributed by atoms with Crippen LogP contribution in [0, 0.1) is 41.4 Å². The maximum Gasteiger partial charge on any atom is 0.488 e. The molecule has 4 aromatic carbocycles. The highest BCUT2D eigenvalue weighted by Gasteiger charge is 2.57. The van der Waals surface area contributed by atoms with Crippen LogP contribution in [0.15, 0.2) is 87.3 Å². The van der Waals surface area contributed by atoms with E-state index in [0.717, 1.165) is 64.0 Å². The number of rotatable bonds is 4. The van der Waals surface area contributed by atoms with E-state index < -0.39 is 29.9 Å². The molecular weight excluding hydrogens is 1040 g/mol. The van der Waals surface area contributed by atoms with Gasteiger partial charge in [-0.1, -0.05) is 34.1 Å². The van der Waals surface area contributed by atoms with Gasteiger partial charge in [0.15, 0.2) is 23.0 Å². The molecule has 75 heavy (non-hydrogen) atoms. The molecular formula is C54H59BBrF3N8O8. The lowest BCUT2D eigenvalue weighted by atomic mass is 9.74. The third-order valence-corrected chi connectivity index (χ3v) is 15.2. The number of likely N-dealkylation sites (N-methyl/N-ethyl adjacent to an activating group) is 2. The van der Waals surface area contributed by atoms with Gasteiger partial charge in [-0.2, -0.15) is 23.7 Å². The summed E-state index contributed by atoms with van der Waals surface area (Å²) in [6.07, 6.45) is -0.409. The molecule has 16 nitrogen and oxygen atoms in total. The minimum atomic E-state index is -4.61. The van der Waals surface area contributed by atoms with E-state index in [4.69, 9.17) is 50.7 Å². The number of alkyl halides is 3. The van der Waals surface area contributed by atoms with E-state index in [1.165, 1.54) is 15.9 Å². The first-order chi connectivity index (χ1) is 35.2. The third-order valence-electron chi connectivity index (χ3n) is 14.7. The van der Waals surface area contributed by atoms with Gasteiger partial charge in [0, 0.05) is 67.6 Å². The maximum absolute atomic E-state index is 13.6. The molecule has 0 saturated carbocycles. The fourth-order valence-electron chi connectivity index (χ4n) is 11.1. The Morgan fingerprint density at radius 2 is 1.20 bits per heavy atom. The van der Waals surface area contributed by atoms with Crippen molar-refractivity contribution in [3.8, 4) is 34.8 Å². The van der Waals surface area contributed by atoms with Gasteiger partial charge in [-0.25, -0.2) is 9.98 Å². The first-order valence-electron chi connectivity index (χ1n) is 24.5. The van der Waals surface area contributed by atoms with Crippen LogP contribution in [-0.2, 0) is 36.3 Å². The Bertz CT molecular complexity index is 3070. The molecule has 2 spiro atoms. The number of ether oxygens (including phenoxy) is 4. The van der Waals surface area contributed by atoms with Crippen molar-refractivity contribution in [2.45, 2.75) is 114 Å². The quantitative estimate of drug-likeness (QED) is 0.152. The second kappa shape index (κ2) is 20.6. The van der Waals surface area contributed by atoms with Gasteiger partial charge < -0.3 is 40.5 Å². The number of nitrogens with zero attached hydrogens (tertiary/aromatic N) is 6. The number of aryl methyl sites for hydroxylation is 1. The molecule has 6 aliphatic rings. The second-order valence-electron chi connectivity index (χ2n) is 21.2. The summed E-state index contributed by atoms with van der Waals surface area (Å²) in [6, 6.07) is 23.3. The summed E-state index contributed by atoms with van der Waals surface area (Å²) < 4.78 is 62.4. The van der Waals surface area contributed by atoms with Crippen LogP contribution >= 0.6 is 15.9 Å². The van der Waals surface area contributed by atoms with Gasteiger partial charge in [-0.3, -0.25) is 19.4 Å². The number of guanidine groups is 2. The summed E-state index contributed by atoms with van der Waals surface area (Å²) in [6.45, 7) is 11.7. The summed E-state index contributed by atoms with van der Waals surface area (Å²) in [5, 5.41) is 35.3. The molecule has 394 valence electrons. The van der Waals surface area contributed by atoms with Crippen molar-refractivity contribution >= 4 is 52.2 Å². The molecule has 2 saturated heterocycles. The number of carbonyl (C=O) groups is 2. The van der Waals surface area contributed by atoms with Gasteiger partial charge in [0.2, 0.25) is 0 Å². The van der Waals surface area contributed by atoms with Crippen molar-refractivity contribution in [3.05, 3.63) is 111 Å². The molecule has 4 aromatic rings. The highest BCUT2D eigenvalue weighted by molar-refractivity contribution is 9.10. The van der Waals surface area contributed by atoms with E-state index in [0.29, 0.717) is 61.2 Å². The fourth-order valence-corrected chi connectivity index (χ4v) is 11.4. The maximum atomic E-state index is 13.6. The normalized spacial score (nSPS) is 26.2. The molecule has 21 heteroatoms. The van der Waals surface area contributed by atoms with Crippen LogP contribution in [0.5, 0.6) is 11.5 Å². The van der Waals surface area contributed by atoms with Crippen LogP contribution in [0.1, 0.15) is 99.6 Å². The first-order valence-corrected chi connectivity index (χ1v) is 25.3. The standard InChI is InChI=1S/C27H30N4O3.C19H24BrN3O3.C8H5BF3NO2/c1-16-9-17(15-28)11-20(10-16)18-5-6-22-21(12-18)27(24(32)31(4)25(29)30-27)14-23(34-22)19-7-8-33-26(2,3)13-19;1-18(2)9-11(6-7-25-18)15-10-19(16(24)23(3)17(21)22-19)13-8-12(20)4-5-14(13)26-15;10-8(11,12)6-1-5(4-13)2-7(3-6)9(14)15/h5-6,9-12,19,23H,7-8,13-14H2,1-4H3,(H2,29,30);4-5,8,11,15H,6-7,9-10H2,1-3H3,(H2,21,22);1-3,14-15H. The first kappa shape index (κ1) is 54.8. The Kier molecular flexibility index (Phi) is 15.0. The molecule has 6 unspecified atom stereocenters. The molecule has 6 N–H and O–H groups in total. The zero-order valence-corrected chi connectivity index (χ0v) is 44.3. The van der Waals surface area contributed by atoms with Crippen LogP contribution in [0.3, 0.4) is 0 Å². The minimum Gasteiger partial charge on any atom is -0.490 e. The van der Waals surface area contributed by atoms with Gasteiger partial charge in [0.25, 0.3) is 11.8 Å². The van der Waals surface area contributed by atoms with Crippen LogP contribution in [0.4, 0.5) is 13.2 Å². The van der Waals surface area contributed by atoms with Crippen molar-refractivity contribution < 1.29 is 51.8 Å². The van der Waals surface area contributed by atoms with Gasteiger partial charge in [-0.05, 0) is 137 Å². The smallest absolute Gasteiger partial charge is 0.488 e. The van der Waals surface area contributed by atoms with E-state index in [-0.39, 0.29) is 64.1 Å². The molecule has 6 aliphatic heterocycles. The number of halogens is 4. The van der Waals surface area contributed by atoms with E-state index in [1.54, 1.807) is 14.1 Å². The van der Waals surface area contributed by atoms with E-state index >= 15 is 0 Å². The highest BCUT2D eigenvalue weighted by atomic mass is 79.9. The predicted molar refractivity (Wildman–Crippen MR) is 277 cm³/mol. The summed E-state index contributed by atoms with van der Waals surface area (Å²) >= 11 is 3.50. The number of aliphatic imine (C=N–C) groups is 2. The number of hydrogen-bond acceptors (Lipinski definition) is 14. The monoisotopic (exact) mass is 1090 g/mol. The zero-order valence-electron chi connectivity index (χ0n) is 42.7. The molecule has 0 aliphatic carbocycles. The summed E-state index contributed by atoms with van der Waals surface area (Å²) in [7, 11) is 1.32. The number of benzene rings is 4. The van der Waals surface area contributed by atoms with Crippen molar-refractivity contribution in [2.75, 3.05) is 27.3 Å². The van der Waals surface area contributed by atoms with E-state index in [9.17, 15) is 28.0 Å². The Hall–Kier alpha value is -6.49. The minimum absolute atomic E-state index is 0.0889. The number of carbonyl (C=O) groups excluding carboxylic acids is 2. The van der Waals surface area contributed by atoms with Gasteiger partial charge in [0.1, 0.15) is 23.7 Å². The van der Waals surface area contributed by atoms with Crippen LogP contribution in [-0.4, -0.2) is 101 Å². The Morgan fingerprint density at radius 3 is 1.65 bits per heavy atom. The summed E-state index contributed by atoms with van der Waals surface area (Å²) in [5.74, 6) is 2.19. The largest absolute Gasteiger partial charge is 0.490 e. The lowest BCUT2D eigenvalue weighted by Crippen LogP contribution is -2.49. The summed E-state index contributed by atoms with van der Waals surface area (Å²) in [5.41, 5.74) is 12.9. The number of nitrogens with two attached hydrogens (primary N) is 2. The predicted octanol–water partition coefficient (Wildman–Crippen LogP) is 6.92. The van der Waals surface area contributed by atoms with E-state index in [2.05, 4.69) is 54.7 Å².